The predicted octanol–water partition coefficient (Wildman–Crippen LogP) is 1.80. The van der Waals surface area contributed by atoms with Crippen LogP contribution in [0.4, 0.5) is 0 Å². The summed E-state index contributed by atoms with van der Waals surface area (Å²) in [5.41, 5.74) is 2.24. The Kier molecular flexibility index (Phi) is 11.1. The third-order valence-corrected chi connectivity index (χ3v) is 8.42. The fraction of sp³-hybridized carbons (Fsp3) is 0.444. The lowest BCUT2D eigenvalue weighted by Crippen LogP contribution is -2.51. The molecule has 3 heterocycles. The zero-order valence-electron chi connectivity index (χ0n) is 23.2. The molecule has 5 N–H and O–H groups in total. The van der Waals surface area contributed by atoms with Gasteiger partial charge >= 0.3 is 0 Å². The Bertz CT molecular complexity index is 1380. The lowest BCUT2D eigenvalue weighted by atomic mass is 9.90. The summed E-state index contributed by atoms with van der Waals surface area (Å²) in [7, 11) is -3.70. The number of Topliss-reactive ketones (excluding diaryl/α,β-unsaturated/α-hetero) is 1. The van der Waals surface area contributed by atoms with Gasteiger partial charge in [0.2, 0.25) is 27.6 Å². The number of thiazole rings is 1. The summed E-state index contributed by atoms with van der Waals surface area (Å²) in [6, 6.07) is -2.03. The van der Waals surface area contributed by atoms with E-state index in [1.807, 2.05) is 4.90 Å². The van der Waals surface area contributed by atoms with E-state index in [4.69, 9.17) is 5.41 Å². The number of likely N-dealkylation sites (tertiary alicyclic amines) is 1. The second kappa shape index (κ2) is 14.3. The largest absolute Gasteiger partial charge is 0.361 e. The van der Waals surface area contributed by atoms with Gasteiger partial charge in [0.1, 0.15) is 6.04 Å². The first kappa shape index (κ1) is 31.9. The number of hydrogen-bond donors (Lipinski definition) is 5. The molecule has 2 amide bonds. The van der Waals surface area contributed by atoms with Gasteiger partial charge in [-0.05, 0) is 43.7 Å². The van der Waals surface area contributed by atoms with Crippen LogP contribution in [-0.2, 0) is 26.0 Å². The number of aromatic nitrogens is 2. The molecule has 222 valence electrons. The van der Waals surface area contributed by atoms with E-state index in [0.29, 0.717) is 31.8 Å². The van der Waals surface area contributed by atoms with Gasteiger partial charge in [-0.3, -0.25) is 19.8 Å². The third kappa shape index (κ3) is 9.20. The number of rotatable bonds is 14. The molecular weight excluding hydrogens is 566 g/mol. The van der Waals surface area contributed by atoms with Crippen LogP contribution in [0.5, 0.6) is 0 Å². The number of H-pyrrole nitrogens is 1. The maximum atomic E-state index is 13.2. The number of aromatic amines is 1. The molecule has 41 heavy (non-hydrogen) atoms. The quantitative estimate of drug-likeness (QED) is 0.124. The predicted molar refractivity (Wildman–Crippen MR) is 160 cm³/mol. The van der Waals surface area contributed by atoms with Crippen molar-refractivity contribution in [3.05, 3.63) is 52.8 Å². The number of piperidine rings is 1. The Balaban J connectivity index is 1.66. The summed E-state index contributed by atoms with van der Waals surface area (Å²) >= 11 is 1.16. The highest BCUT2D eigenvalue weighted by molar-refractivity contribution is 7.88. The first-order valence-corrected chi connectivity index (χ1v) is 15.9. The van der Waals surface area contributed by atoms with Crippen LogP contribution in [0, 0.1) is 11.3 Å². The lowest BCUT2D eigenvalue weighted by molar-refractivity contribution is -0.127. The smallest absolute Gasteiger partial charge is 0.240 e. The molecule has 0 radical (unpaired) electrons. The number of nitrogens with zero attached hydrogens (tertiary/aromatic N) is 2. The molecule has 1 fully saturated rings. The fourth-order valence-electron chi connectivity index (χ4n) is 4.84. The topological polar surface area (TPSA) is 177 Å². The van der Waals surface area contributed by atoms with Crippen LogP contribution < -0.4 is 15.4 Å². The Morgan fingerprint density at radius 3 is 2.51 bits per heavy atom. The molecule has 12 nitrogen and oxygen atoms in total. The van der Waals surface area contributed by atoms with Crippen molar-refractivity contribution in [2.24, 2.45) is 5.92 Å². The molecule has 2 aromatic heterocycles. The SMILES string of the molecule is C=Cc1[nH]cc(CC(NC(=O)CNC(=O)C(CC2CCN(C(C)=N)CC2)NS(C)(=O)=O)C(=O)c2nccs2)c1C=C. The first-order valence-electron chi connectivity index (χ1n) is 13.1. The van der Waals surface area contributed by atoms with Crippen molar-refractivity contribution in [3.8, 4) is 0 Å². The molecule has 0 saturated carbocycles. The van der Waals surface area contributed by atoms with Crippen molar-refractivity contribution in [1.29, 1.82) is 5.41 Å². The first-order chi connectivity index (χ1) is 19.4. The monoisotopic (exact) mass is 603 g/mol. The highest BCUT2D eigenvalue weighted by atomic mass is 32.2. The number of ketones is 1. The number of nitrogens with one attached hydrogen (secondary N) is 5. The van der Waals surface area contributed by atoms with E-state index < -0.39 is 40.5 Å². The molecule has 0 aliphatic carbocycles. The summed E-state index contributed by atoms with van der Waals surface area (Å²) in [5.74, 6) is -1.07. The van der Waals surface area contributed by atoms with Gasteiger partial charge in [0, 0.05) is 48.5 Å². The van der Waals surface area contributed by atoms with E-state index >= 15 is 0 Å². The van der Waals surface area contributed by atoms with Gasteiger partial charge in [0.05, 0.1) is 24.7 Å². The van der Waals surface area contributed by atoms with Crippen LogP contribution in [0.15, 0.2) is 30.9 Å². The number of amides is 2. The average Bonchev–Trinajstić information content (AvgIpc) is 3.60. The van der Waals surface area contributed by atoms with Gasteiger partial charge in [0.25, 0.3) is 0 Å². The minimum atomic E-state index is -3.70. The molecule has 1 saturated heterocycles. The minimum Gasteiger partial charge on any atom is -0.361 e. The Morgan fingerprint density at radius 2 is 1.95 bits per heavy atom. The van der Waals surface area contributed by atoms with Gasteiger partial charge in [0.15, 0.2) is 5.01 Å². The molecule has 0 bridgehead atoms. The van der Waals surface area contributed by atoms with Crippen LogP contribution in [0.2, 0.25) is 0 Å². The standard InChI is InChI=1S/C27H37N7O5S2/c1-5-20-19(15-30-21(20)6-2)14-22(25(36)27-29-9-12-40-27)32-24(35)16-31-26(37)23(33-41(4,38)39)13-18-7-10-34(11-8-18)17(3)28/h5-6,9,12,15,18,22-23,28,30,33H,1-2,7-8,10-11,13-14,16H2,3-4H3,(H,31,37)(H,32,35). The van der Waals surface area contributed by atoms with E-state index in [2.05, 4.69) is 38.5 Å². The Labute approximate surface area is 244 Å². The van der Waals surface area contributed by atoms with E-state index in [0.717, 1.165) is 34.4 Å². The van der Waals surface area contributed by atoms with Crippen molar-refractivity contribution < 1.29 is 22.8 Å². The molecule has 0 aromatic carbocycles. The number of amidine groups is 1. The summed E-state index contributed by atoms with van der Waals surface area (Å²) < 4.78 is 26.4. The number of carbonyl (C=O) groups excluding carboxylic acids is 3. The van der Waals surface area contributed by atoms with Crippen LogP contribution in [0.1, 0.15) is 52.8 Å². The van der Waals surface area contributed by atoms with Gasteiger partial charge in [-0.2, -0.15) is 0 Å². The van der Waals surface area contributed by atoms with Gasteiger partial charge in [-0.1, -0.05) is 19.2 Å². The number of hydrogen-bond acceptors (Lipinski definition) is 8. The van der Waals surface area contributed by atoms with Crippen molar-refractivity contribution in [3.63, 3.8) is 0 Å². The van der Waals surface area contributed by atoms with Gasteiger partial charge in [-0.15, -0.1) is 11.3 Å². The van der Waals surface area contributed by atoms with Crippen LogP contribution in [0.3, 0.4) is 0 Å². The highest BCUT2D eigenvalue weighted by Crippen LogP contribution is 2.23. The highest BCUT2D eigenvalue weighted by Gasteiger charge is 2.30. The maximum absolute atomic E-state index is 13.2. The maximum Gasteiger partial charge on any atom is 0.240 e. The summed E-state index contributed by atoms with van der Waals surface area (Å²) in [5, 5.41) is 14.9. The molecule has 14 heteroatoms. The second-order valence-electron chi connectivity index (χ2n) is 9.99. The molecule has 3 rings (SSSR count). The molecule has 1 aliphatic heterocycles. The Morgan fingerprint density at radius 1 is 1.24 bits per heavy atom. The fourth-order valence-corrected chi connectivity index (χ4v) is 6.19. The molecule has 2 atom stereocenters. The lowest BCUT2D eigenvalue weighted by Gasteiger charge is -2.34. The Hall–Kier alpha value is -3.62. The van der Waals surface area contributed by atoms with Crippen LogP contribution in [-0.4, -0.2) is 84.7 Å². The number of sulfonamides is 1. The van der Waals surface area contributed by atoms with E-state index in [1.165, 1.54) is 6.20 Å². The zero-order valence-corrected chi connectivity index (χ0v) is 24.9. The summed E-state index contributed by atoms with van der Waals surface area (Å²) in [6.45, 7) is 10.2. The van der Waals surface area contributed by atoms with Gasteiger partial charge in [-0.25, -0.2) is 18.1 Å². The third-order valence-electron chi connectivity index (χ3n) is 6.92. The van der Waals surface area contributed by atoms with Gasteiger partial charge < -0.3 is 20.5 Å². The number of carbonyl (C=O) groups is 3. The summed E-state index contributed by atoms with van der Waals surface area (Å²) in [4.78, 5) is 48.2. The molecule has 0 spiro atoms. The molecule has 2 aromatic rings. The van der Waals surface area contributed by atoms with Crippen LogP contribution in [0.25, 0.3) is 12.2 Å². The molecule has 1 aliphatic rings. The normalized spacial score (nSPS) is 15.5. The van der Waals surface area contributed by atoms with Crippen LogP contribution >= 0.6 is 11.3 Å². The molecular formula is C27H37N7O5S2. The second-order valence-corrected chi connectivity index (χ2v) is 12.7. The average molecular weight is 604 g/mol. The van der Waals surface area contributed by atoms with Crippen molar-refractivity contribution in [2.75, 3.05) is 25.9 Å². The summed E-state index contributed by atoms with van der Waals surface area (Å²) in [6.07, 6.45) is 9.31. The van der Waals surface area contributed by atoms with E-state index in [-0.39, 0.29) is 29.6 Å². The van der Waals surface area contributed by atoms with Crippen molar-refractivity contribution >= 4 is 56.9 Å². The minimum absolute atomic E-state index is 0.0746. The van der Waals surface area contributed by atoms with Crippen molar-refractivity contribution in [1.82, 2.24) is 30.2 Å². The van der Waals surface area contributed by atoms with E-state index in [9.17, 15) is 22.8 Å². The van der Waals surface area contributed by atoms with Crippen molar-refractivity contribution in [2.45, 2.75) is 44.7 Å². The zero-order chi connectivity index (χ0) is 30.2. The van der Waals surface area contributed by atoms with E-state index in [1.54, 1.807) is 30.7 Å². The molecule has 2 unspecified atom stereocenters.